The summed E-state index contributed by atoms with van der Waals surface area (Å²) in [4.78, 5) is 13.7. The molecule has 0 aliphatic carbocycles. The Hall–Kier alpha value is -4.48. The Kier molecular flexibility index (Phi) is 8.43. The standard InChI is InChI=1S/C32H29N2OS.C12H10N.Ir/c1-18-9-7-10-19(2)28(18)25-15-26(33-17-21(25)16-32(4,5)6)24-12-8-11-22-23-13-14-27-29(34-20(3)36-27)31(23)35-30(22)24;1-10-7-8-12(13-9-10)11-5-3-2-4-6-11;/h7-11,13-15,17H,16H2,1-6H3;2-5,7-9H,1H3;/q2*-1;/i16D2;1D3;. The molecule has 0 saturated heterocycles. The molecule has 4 heterocycles. The van der Waals surface area contributed by atoms with Gasteiger partial charge in [-0.15, -0.1) is 65.4 Å². The van der Waals surface area contributed by atoms with E-state index in [0.29, 0.717) is 16.8 Å². The van der Waals surface area contributed by atoms with Crippen LogP contribution in [0.2, 0.25) is 0 Å². The van der Waals surface area contributed by atoms with Crippen LogP contribution in [0.25, 0.3) is 65.8 Å². The first-order valence-electron chi connectivity index (χ1n) is 18.7. The summed E-state index contributed by atoms with van der Waals surface area (Å²) in [5.74, 6) is 0. The van der Waals surface area contributed by atoms with E-state index in [0.717, 1.165) is 70.7 Å². The van der Waals surface area contributed by atoms with E-state index in [1.807, 2.05) is 70.2 Å². The predicted octanol–water partition coefficient (Wildman–Crippen LogP) is 12.1. The molecule has 0 N–H and O–H groups in total. The summed E-state index contributed by atoms with van der Waals surface area (Å²) in [6, 6.07) is 33.5. The number of pyridine rings is 2. The first-order chi connectivity index (χ1) is 25.5. The van der Waals surface area contributed by atoms with Gasteiger partial charge in [-0.05, 0) is 90.2 Å². The van der Waals surface area contributed by atoms with Crippen LogP contribution < -0.4 is 0 Å². The maximum atomic E-state index is 9.10. The van der Waals surface area contributed by atoms with Crippen LogP contribution in [0.4, 0.5) is 0 Å². The fraction of sp³-hybridized carbons (Fsp3) is 0.205. The molecule has 0 amide bonds. The third-order valence-corrected chi connectivity index (χ3v) is 9.17. The van der Waals surface area contributed by atoms with Gasteiger partial charge in [-0.3, -0.25) is 0 Å². The van der Waals surface area contributed by atoms with Crippen molar-refractivity contribution >= 4 is 43.5 Å². The molecule has 6 heteroatoms. The summed E-state index contributed by atoms with van der Waals surface area (Å²) in [7, 11) is 0. The third-order valence-electron chi connectivity index (χ3n) is 8.23. The largest absolute Gasteiger partial charge is 0.498 e. The zero-order valence-electron chi connectivity index (χ0n) is 33.7. The second-order valence-electron chi connectivity index (χ2n) is 13.2. The first kappa shape index (κ1) is 29.3. The van der Waals surface area contributed by atoms with Crippen LogP contribution in [0.15, 0.2) is 102 Å². The number of hydrogen-bond donors (Lipinski definition) is 0. The summed E-state index contributed by atoms with van der Waals surface area (Å²) in [5.41, 5.74) is 9.73. The number of fused-ring (bicyclic) bond motifs is 5. The van der Waals surface area contributed by atoms with Crippen LogP contribution in [0.1, 0.15) is 54.9 Å². The van der Waals surface area contributed by atoms with Gasteiger partial charge in [0.05, 0.1) is 15.3 Å². The molecule has 0 fully saturated rings. The van der Waals surface area contributed by atoms with Gasteiger partial charge >= 0.3 is 0 Å². The quantitative estimate of drug-likeness (QED) is 0.166. The van der Waals surface area contributed by atoms with Gasteiger partial charge in [0.2, 0.25) is 0 Å². The van der Waals surface area contributed by atoms with E-state index in [4.69, 9.17) is 21.2 Å². The topological polar surface area (TPSA) is 51.8 Å². The molecule has 1 radical (unpaired) electrons. The number of benzene rings is 4. The van der Waals surface area contributed by atoms with Crippen molar-refractivity contribution in [2.24, 2.45) is 5.41 Å². The van der Waals surface area contributed by atoms with Crippen LogP contribution in [0.3, 0.4) is 0 Å². The van der Waals surface area contributed by atoms with Crippen molar-refractivity contribution < 1.29 is 31.4 Å². The molecule has 50 heavy (non-hydrogen) atoms. The van der Waals surface area contributed by atoms with Crippen LogP contribution in [0.5, 0.6) is 0 Å². The van der Waals surface area contributed by atoms with Gasteiger partial charge in [0, 0.05) is 44.7 Å². The number of rotatable bonds is 4. The van der Waals surface area contributed by atoms with Gasteiger partial charge < -0.3 is 14.4 Å². The second-order valence-corrected chi connectivity index (χ2v) is 14.4. The van der Waals surface area contributed by atoms with Gasteiger partial charge in [-0.25, -0.2) is 4.98 Å². The third kappa shape index (κ3) is 7.20. The van der Waals surface area contributed by atoms with Crippen molar-refractivity contribution in [1.82, 2.24) is 15.0 Å². The van der Waals surface area contributed by atoms with Crippen LogP contribution >= 0.6 is 11.3 Å². The molecule has 4 aromatic carbocycles. The van der Waals surface area contributed by atoms with Crippen molar-refractivity contribution in [3.05, 3.63) is 137 Å². The molecule has 253 valence electrons. The number of furan rings is 1. The van der Waals surface area contributed by atoms with Gasteiger partial charge in [-0.2, -0.15) is 0 Å². The molecule has 0 bridgehead atoms. The molecule has 8 rings (SSSR count). The Labute approximate surface area is 319 Å². The van der Waals surface area contributed by atoms with E-state index >= 15 is 0 Å². The zero-order chi connectivity index (χ0) is 38.6. The normalized spacial score (nSPS) is 13.4. The average Bonchev–Trinajstić information content (AvgIpc) is 3.71. The van der Waals surface area contributed by atoms with E-state index in [2.05, 4.69) is 55.2 Å². The molecule has 0 aliphatic rings. The van der Waals surface area contributed by atoms with Crippen molar-refractivity contribution in [3.63, 3.8) is 0 Å². The first-order valence-corrected chi connectivity index (χ1v) is 17.0. The van der Waals surface area contributed by atoms with E-state index in [1.54, 1.807) is 35.7 Å². The van der Waals surface area contributed by atoms with Gasteiger partial charge in [0.25, 0.3) is 0 Å². The number of thiazole rings is 1. The van der Waals surface area contributed by atoms with E-state index in [9.17, 15) is 0 Å². The molecular weight excluding hydrogens is 811 g/mol. The SMILES string of the molecule is [2H]C([2H])([2H])c1ccc(-c2[c-]cccc2)nc1.[2H]C([2H])(c1cnc(-c2[c-]ccc3c2oc2c3ccc3sc(C)nc32)cc1-c1c(C)cccc1C)C(C)(C)C.[Ir]. The summed E-state index contributed by atoms with van der Waals surface area (Å²) < 4.78 is 47.5. The summed E-state index contributed by atoms with van der Waals surface area (Å²) in [6.45, 7) is 9.86. The monoisotopic (exact) mass is 855 g/mol. The number of hydrogen-bond acceptors (Lipinski definition) is 5. The summed E-state index contributed by atoms with van der Waals surface area (Å²) in [5, 5.41) is 3.01. The molecule has 0 aliphatic heterocycles. The van der Waals surface area contributed by atoms with Crippen molar-refractivity contribution in [1.29, 1.82) is 0 Å². The summed E-state index contributed by atoms with van der Waals surface area (Å²) in [6.07, 6.45) is 1.49. The number of nitrogens with zero attached hydrogens (tertiary/aromatic N) is 3. The maximum Gasteiger partial charge on any atom is 0.148 e. The molecule has 0 unspecified atom stereocenters. The second kappa shape index (κ2) is 14.4. The minimum absolute atomic E-state index is 0. The van der Waals surface area contributed by atoms with Gasteiger partial charge in [0.15, 0.2) is 0 Å². The van der Waals surface area contributed by atoms with Crippen LogP contribution in [-0.4, -0.2) is 15.0 Å². The fourth-order valence-electron chi connectivity index (χ4n) is 6.14. The molecular formula is C44H39IrN3OS-2. The molecule has 8 aromatic rings. The van der Waals surface area contributed by atoms with E-state index < -0.39 is 18.6 Å². The smallest absolute Gasteiger partial charge is 0.148 e. The number of aromatic nitrogens is 3. The van der Waals surface area contributed by atoms with Gasteiger partial charge in [-0.1, -0.05) is 74.2 Å². The van der Waals surface area contributed by atoms with Crippen molar-refractivity contribution in [3.8, 4) is 33.6 Å². The predicted molar refractivity (Wildman–Crippen MR) is 205 cm³/mol. The maximum absolute atomic E-state index is 9.10. The average molecular weight is 855 g/mol. The Morgan fingerprint density at radius 1 is 0.820 bits per heavy atom. The van der Waals surface area contributed by atoms with Crippen LogP contribution in [0, 0.1) is 45.2 Å². The molecule has 0 atom stereocenters. The molecule has 0 saturated carbocycles. The Balaban J connectivity index is 0.000000254. The Morgan fingerprint density at radius 2 is 1.60 bits per heavy atom. The van der Waals surface area contributed by atoms with Crippen molar-refractivity contribution in [2.45, 2.75) is 54.8 Å². The molecule has 4 nitrogen and oxygen atoms in total. The minimum atomic E-state index is -2.09. The van der Waals surface area contributed by atoms with Gasteiger partial charge in [0.1, 0.15) is 11.1 Å². The fourth-order valence-corrected chi connectivity index (χ4v) is 6.96. The number of aryl methyl sites for hydroxylation is 4. The molecule has 0 spiro atoms. The minimum Gasteiger partial charge on any atom is -0.498 e. The van der Waals surface area contributed by atoms with Crippen LogP contribution in [-0.2, 0) is 26.5 Å². The van der Waals surface area contributed by atoms with Crippen molar-refractivity contribution in [2.75, 3.05) is 0 Å². The Morgan fingerprint density at radius 3 is 2.30 bits per heavy atom. The van der Waals surface area contributed by atoms with E-state index in [1.165, 1.54) is 6.20 Å². The molecule has 4 aromatic heterocycles. The summed E-state index contributed by atoms with van der Waals surface area (Å²) >= 11 is 1.66. The Bertz CT molecular complexity index is 2620. The zero-order valence-corrected chi connectivity index (χ0v) is 31.9. The van der Waals surface area contributed by atoms with E-state index in [-0.39, 0.29) is 25.7 Å².